The molecule has 3 rings (SSSR count). The van der Waals surface area contributed by atoms with E-state index in [1.54, 1.807) is 4.90 Å². The lowest BCUT2D eigenvalue weighted by molar-refractivity contribution is -0.386. The fourth-order valence-electron chi connectivity index (χ4n) is 3.84. The molecule has 0 aromatic heterocycles. The quantitative estimate of drug-likeness (QED) is 0.457. The molecular weight excluding hydrogens is 438 g/mol. The first-order chi connectivity index (χ1) is 15.4. The fraction of sp³-hybridized carbons (Fsp3) is 0.409. The molecule has 9 nitrogen and oxygen atoms in total. The van der Waals surface area contributed by atoms with Crippen LogP contribution in [0.15, 0.2) is 30.3 Å². The van der Waals surface area contributed by atoms with Crippen molar-refractivity contribution < 1.29 is 23.9 Å². The Balaban J connectivity index is 1.84. The monoisotopic (exact) mass is 463 g/mol. The molecule has 10 heteroatoms. The molecule has 1 heterocycles. The van der Waals surface area contributed by atoms with Gasteiger partial charge in [0.2, 0.25) is 11.5 Å². The average molecular weight is 464 g/mol. The number of nitrogens with zero attached hydrogens (tertiary/aromatic N) is 3. The number of carbonyl (C=O) groups excluding carboxylic acids is 1. The van der Waals surface area contributed by atoms with Crippen LogP contribution in [0.25, 0.3) is 0 Å². The zero-order chi connectivity index (χ0) is 23.3. The summed E-state index contributed by atoms with van der Waals surface area (Å²) in [4.78, 5) is 28.5. The van der Waals surface area contributed by atoms with E-state index in [1.807, 2.05) is 24.3 Å². The summed E-state index contributed by atoms with van der Waals surface area (Å²) in [7, 11) is 4.05. The second-order valence-electron chi connectivity index (χ2n) is 7.35. The summed E-state index contributed by atoms with van der Waals surface area (Å²) >= 11 is 5.96. The van der Waals surface area contributed by atoms with Gasteiger partial charge < -0.3 is 19.1 Å². The van der Waals surface area contributed by atoms with Crippen LogP contribution in [-0.2, 0) is 6.54 Å². The van der Waals surface area contributed by atoms with Gasteiger partial charge in [0.05, 0.1) is 26.3 Å². The number of hydrogen-bond acceptors (Lipinski definition) is 7. The van der Waals surface area contributed by atoms with Gasteiger partial charge in [0, 0.05) is 43.8 Å². The van der Waals surface area contributed by atoms with E-state index in [9.17, 15) is 14.9 Å². The molecule has 0 N–H and O–H groups in total. The summed E-state index contributed by atoms with van der Waals surface area (Å²) in [5.74, 6) is -0.315. The highest BCUT2D eigenvalue weighted by Crippen LogP contribution is 2.46. The Hall–Kier alpha value is -3.04. The second kappa shape index (κ2) is 10.5. The first-order valence-corrected chi connectivity index (χ1v) is 10.5. The lowest BCUT2D eigenvalue weighted by Crippen LogP contribution is -2.35. The zero-order valence-electron chi connectivity index (χ0n) is 18.3. The molecule has 1 fully saturated rings. The molecule has 0 radical (unpaired) electrons. The molecule has 1 saturated heterocycles. The van der Waals surface area contributed by atoms with E-state index < -0.39 is 16.5 Å². The van der Waals surface area contributed by atoms with Crippen molar-refractivity contribution in [1.82, 2.24) is 9.80 Å². The highest BCUT2D eigenvalue weighted by atomic mass is 35.5. The number of benzene rings is 2. The van der Waals surface area contributed by atoms with E-state index in [0.717, 1.165) is 25.1 Å². The van der Waals surface area contributed by atoms with Crippen LogP contribution >= 0.6 is 11.6 Å². The summed E-state index contributed by atoms with van der Waals surface area (Å²) in [5.41, 5.74) is 0.613. The number of hydrogen-bond donors (Lipinski definition) is 0. The number of amides is 1. The molecule has 0 unspecified atom stereocenters. The molecule has 1 aliphatic rings. The minimum absolute atomic E-state index is 0.0725. The average Bonchev–Trinajstić information content (AvgIpc) is 3.03. The van der Waals surface area contributed by atoms with Gasteiger partial charge in [-0.3, -0.25) is 19.8 Å². The number of halogens is 1. The van der Waals surface area contributed by atoms with Gasteiger partial charge in [-0.1, -0.05) is 23.7 Å². The van der Waals surface area contributed by atoms with Crippen LogP contribution in [0.3, 0.4) is 0 Å². The number of carbonyl (C=O) groups is 1. The van der Waals surface area contributed by atoms with Crippen LogP contribution < -0.4 is 14.2 Å². The van der Waals surface area contributed by atoms with E-state index in [2.05, 4.69) is 4.90 Å². The molecule has 0 bridgehead atoms. The molecule has 0 atom stereocenters. The van der Waals surface area contributed by atoms with Gasteiger partial charge in [-0.15, -0.1) is 0 Å². The topological polar surface area (TPSA) is 94.4 Å². The van der Waals surface area contributed by atoms with Gasteiger partial charge in [-0.2, -0.15) is 0 Å². The van der Waals surface area contributed by atoms with E-state index in [1.165, 1.54) is 27.4 Å². The van der Waals surface area contributed by atoms with Crippen molar-refractivity contribution in [2.75, 3.05) is 47.5 Å². The van der Waals surface area contributed by atoms with Crippen molar-refractivity contribution in [3.05, 3.63) is 56.6 Å². The van der Waals surface area contributed by atoms with Crippen molar-refractivity contribution in [2.45, 2.75) is 13.0 Å². The van der Waals surface area contributed by atoms with Crippen LogP contribution in [0.1, 0.15) is 22.3 Å². The molecule has 0 saturated carbocycles. The maximum absolute atomic E-state index is 13.4. The van der Waals surface area contributed by atoms with Gasteiger partial charge in [0.25, 0.3) is 5.91 Å². The first kappa shape index (κ1) is 23.6. The molecule has 32 heavy (non-hydrogen) atoms. The Kier molecular flexibility index (Phi) is 7.76. The highest BCUT2D eigenvalue weighted by Gasteiger charge is 2.34. The molecule has 2 aromatic carbocycles. The number of nitro groups is 1. The fourth-order valence-corrected chi connectivity index (χ4v) is 3.96. The minimum Gasteiger partial charge on any atom is -0.493 e. The van der Waals surface area contributed by atoms with E-state index in [-0.39, 0.29) is 22.8 Å². The normalized spacial score (nSPS) is 14.6. The third-order valence-corrected chi connectivity index (χ3v) is 5.66. The Morgan fingerprint density at radius 2 is 1.72 bits per heavy atom. The van der Waals surface area contributed by atoms with Gasteiger partial charge >= 0.3 is 5.69 Å². The lowest BCUT2D eigenvalue weighted by Gasteiger charge is -2.23. The smallest absolute Gasteiger partial charge is 0.327 e. The van der Waals surface area contributed by atoms with Crippen molar-refractivity contribution in [3.8, 4) is 17.2 Å². The predicted molar refractivity (Wildman–Crippen MR) is 120 cm³/mol. The molecule has 2 aromatic rings. The molecular formula is C22H26ClN3O6. The van der Waals surface area contributed by atoms with Crippen LogP contribution in [0.4, 0.5) is 5.69 Å². The first-order valence-electron chi connectivity index (χ1n) is 10.1. The number of nitro benzene ring substituents is 1. The number of methoxy groups -OCH3 is 3. The minimum atomic E-state index is -0.626. The zero-order valence-corrected chi connectivity index (χ0v) is 19.1. The van der Waals surface area contributed by atoms with E-state index in [4.69, 9.17) is 25.8 Å². The van der Waals surface area contributed by atoms with Crippen molar-refractivity contribution in [1.29, 1.82) is 0 Å². The van der Waals surface area contributed by atoms with Crippen LogP contribution in [0.2, 0.25) is 5.02 Å². The van der Waals surface area contributed by atoms with E-state index in [0.29, 0.717) is 24.7 Å². The van der Waals surface area contributed by atoms with Crippen LogP contribution in [0.5, 0.6) is 17.2 Å². The van der Waals surface area contributed by atoms with Gasteiger partial charge in [0.15, 0.2) is 5.75 Å². The summed E-state index contributed by atoms with van der Waals surface area (Å²) in [5, 5.41) is 12.5. The maximum atomic E-state index is 13.4. The Labute approximate surface area is 191 Å². The highest BCUT2D eigenvalue weighted by molar-refractivity contribution is 6.30. The molecule has 1 amide bonds. The van der Waals surface area contributed by atoms with Crippen LogP contribution in [0, 0.1) is 10.1 Å². The SMILES string of the molecule is COc1cc(C(=O)N2CCCN(Cc3ccc(Cl)cc3)CC2)c([N+](=O)[O-])c(OC)c1OC. The summed E-state index contributed by atoms with van der Waals surface area (Å²) < 4.78 is 15.8. The summed E-state index contributed by atoms with van der Waals surface area (Å²) in [6.07, 6.45) is 0.748. The Morgan fingerprint density at radius 3 is 2.31 bits per heavy atom. The molecule has 0 spiro atoms. The maximum Gasteiger partial charge on any atom is 0.327 e. The van der Waals surface area contributed by atoms with Gasteiger partial charge in [-0.05, 0) is 24.1 Å². The van der Waals surface area contributed by atoms with Gasteiger partial charge in [-0.25, -0.2) is 0 Å². The predicted octanol–water partition coefficient (Wildman–Crippen LogP) is 3.62. The largest absolute Gasteiger partial charge is 0.493 e. The summed E-state index contributed by atoms with van der Waals surface area (Å²) in [6.45, 7) is 3.13. The Bertz CT molecular complexity index is 983. The number of ether oxygens (including phenoxy) is 3. The molecule has 0 aliphatic carbocycles. The second-order valence-corrected chi connectivity index (χ2v) is 7.78. The third kappa shape index (κ3) is 5.05. The van der Waals surface area contributed by atoms with Crippen molar-refractivity contribution in [2.24, 2.45) is 0 Å². The third-order valence-electron chi connectivity index (χ3n) is 5.41. The molecule has 172 valence electrons. The summed E-state index contributed by atoms with van der Waals surface area (Å²) in [6, 6.07) is 9.02. The van der Waals surface area contributed by atoms with Crippen LogP contribution in [-0.4, -0.2) is 68.1 Å². The van der Waals surface area contributed by atoms with Gasteiger partial charge in [0.1, 0.15) is 5.56 Å². The van der Waals surface area contributed by atoms with Crippen molar-refractivity contribution in [3.63, 3.8) is 0 Å². The van der Waals surface area contributed by atoms with E-state index >= 15 is 0 Å². The Morgan fingerprint density at radius 1 is 1.03 bits per heavy atom. The van der Waals surface area contributed by atoms with Crippen molar-refractivity contribution >= 4 is 23.2 Å². The molecule has 1 aliphatic heterocycles. The number of rotatable bonds is 7. The standard InChI is InChI=1S/C22H26ClN3O6/c1-30-18-13-17(19(26(28)29)21(32-3)20(18)31-2)22(27)25-10-4-9-24(11-12-25)14-15-5-7-16(23)8-6-15/h5-8,13H,4,9-12,14H2,1-3H3. The lowest BCUT2D eigenvalue weighted by atomic mass is 10.1.